The van der Waals surface area contributed by atoms with Gasteiger partial charge < -0.3 is 10.1 Å². The average molecular weight is 408 g/mol. The molecule has 7 nitrogen and oxygen atoms in total. The molecule has 0 aliphatic carbocycles. The summed E-state index contributed by atoms with van der Waals surface area (Å²) in [6.07, 6.45) is 3.25. The van der Waals surface area contributed by atoms with E-state index in [1.807, 2.05) is 6.07 Å². The highest BCUT2D eigenvalue weighted by Gasteiger charge is 2.44. The second kappa shape index (κ2) is 8.10. The molecule has 3 saturated heterocycles. The van der Waals surface area contributed by atoms with E-state index in [9.17, 15) is 13.2 Å². The highest BCUT2D eigenvalue weighted by Crippen LogP contribution is 2.30. The number of carbonyl (C=O) groups excluding carboxylic acids is 1. The standard InChI is InChI=1S/C20H29N3O4S/c1-2-17-8-9-19(27-17)20(24)21-12-16-14-23(15-10-11-22(16)13-15)28(25,26)18-6-4-3-5-7-18/h3-7,15-17,19H,2,8-14H2,1H3,(H,21,24). The number of nitrogens with zero attached hydrogens (tertiary/aromatic N) is 2. The molecule has 4 rings (SSSR count). The summed E-state index contributed by atoms with van der Waals surface area (Å²) < 4.78 is 33.7. The minimum Gasteiger partial charge on any atom is -0.365 e. The maximum Gasteiger partial charge on any atom is 0.249 e. The topological polar surface area (TPSA) is 79.0 Å². The lowest BCUT2D eigenvalue weighted by Crippen LogP contribution is -2.58. The minimum atomic E-state index is -3.53. The Morgan fingerprint density at radius 2 is 1.96 bits per heavy atom. The first-order valence-electron chi connectivity index (χ1n) is 10.2. The third-order valence-corrected chi connectivity index (χ3v) is 8.16. The smallest absolute Gasteiger partial charge is 0.249 e. The Balaban J connectivity index is 1.41. The van der Waals surface area contributed by atoms with E-state index in [0.29, 0.717) is 18.0 Å². The molecule has 5 unspecified atom stereocenters. The Morgan fingerprint density at radius 3 is 2.68 bits per heavy atom. The highest BCUT2D eigenvalue weighted by molar-refractivity contribution is 7.89. The fourth-order valence-corrected chi connectivity index (χ4v) is 6.26. The van der Waals surface area contributed by atoms with Crippen LogP contribution in [0.25, 0.3) is 0 Å². The third kappa shape index (κ3) is 3.83. The van der Waals surface area contributed by atoms with Crippen LogP contribution in [0.1, 0.15) is 32.6 Å². The Hall–Kier alpha value is -1.48. The minimum absolute atomic E-state index is 0.00966. The summed E-state index contributed by atoms with van der Waals surface area (Å²) in [7, 11) is -3.53. The van der Waals surface area contributed by atoms with E-state index in [1.165, 1.54) is 0 Å². The summed E-state index contributed by atoms with van der Waals surface area (Å²) in [6, 6.07) is 8.62. The van der Waals surface area contributed by atoms with Crippen LogP contribution in [-0.4, -0.2) is 74.0 Å². The average Bonchev–Trinajstić information content (AvgIpc) is 3.35. The van der Waals surface area contributed by atoms with Crippen LogP contribution in [0.2, 0.25) is 0 Å². The van der Waals surface area contributed by atoms with Crippen LogP contribution in [-0.2, 0) is 19.6 Å². The van der Waals surface area contributed by atoms with Crippen molar-refractivity contribution in [3.8, 4) is 0 Å². The van der Waals surface area contributed by atoms with Gasteiger partial charge in [-0.2, -0.15) is 4.31 Å². The van der Waals surface area contributed by atoms with Crippen LogP contribution in [0.5, 0.6) is 0 Å². The molecule has 154 valence electrons. The molecule has 0 spiro atoms. The van der Waals surface area contributed by atoms with E-state index in [0.717, 1.165) is 38.8 Å². The van der Waals surface area contributed by atoms with Crippen molar-refractivity contribution in [1.82, 2.24) is 14.5 Å². The number of fused-ring (bicyclic) bond motifs is 2. The van der Waals surface area contributed by atoms with Gasteiger partial charge in [-0.15, -0.1) is 0 Å². The van der Waals surface area contributed by atoms with Crippen LogP contribution in [0.4, 0.5) is 0 Å². The van der Waals surface area contributed by atoms with Crippen LogP contribution in [0.3, 0.4) is 0 Å². The van der Waals surface area contributed by atoms with Crippen molar-refractivity contribution >= 4 is 15.9 Å². The number of nitrogens with one attached hydrogen (secondary N) is 1. The zero-order valence-corrected chi connectivity index (χ0v) is 17.1. The summed E-state index contributed by atoms with van der Waals surface area (Å²) in [5.41, 5.74) is 0. The fraction of sp³-hybridized carbons (Fsp3) is 0.650. The summed E-state index contributed by atoms with van der Waals surface area (Å²) in [6.45, 7) is 4.51. The van der Waals surface area contributed by atoms with Crippen molar-refractivity contribution in [3.63, 3.8) is 0 Å². The van der Waals surface area contributed by atoms with Crippen LogP contribution < -0.4 is 5.32 Å². The van der Waals surface area contributed by atoms with Crippen molar-refractivity contribution in [2.45, 2.75) is 61.8 Å². The molecule has 0 aromatic heterocycles. The molecule has 0 saturated carbocycles. The van der Waals surface area contributed by atoms with Gasteiger partial charge in [0.05, 0.1) is 11.0 Å². The molecule has 5 atom stereocenters. The van der Waals surface area contributed by atoms with E-state index in [-0.39, 0.29) is 30.2 Å². The predicted molar refractivity (Wildman–Crippen MR) is 105 cm³/mol. The molecular formula is C20H29N3O4S. The van der Waals surface area contributed by atoms with Gasteiger partial charge in [-0.3, -0.25) is 9.69 Å². The van der Waals surface area contributed by atoms with Crippen molar-refractivity contribution in [2.24, 2.45) is 0 Å². The lowest BCUT2D eigenvalue weighted by molar-refractivity contribution is -0.132. The Bertz CT molecular complexity index is 801. The molecule has 8 heteroatoms. The van der Waals surface area contributed by atoms with Gasteiger partial charge in [-0.1, -0.05) is 25.1 Å². The number of rotatable bonds is 6. The molecule has 3 heterocycles. The predicted octanol–water partition coefficient (Wildman–Crippen LogP) is 1.21. The first-order valence-corrected chi connectivity index (χ1v) is 11.7. The molecule has 28 heavy (non-hydrogen) atoms. The van der Waals surface area contributed by atoms with Crippen LogP contribution in [0.15, 0.2) is 35.2 Å². The van der Waals surface area contributed by atoms with Gasteiger partial charge in [0, 0.05) is 38.3 Å². The second-order valence-electron chi connectivity index (χ2n) is 7.96. The molecule has 2 bridgehead atoms. The van der Waals surface area contributed by atoms with Gasteiger partial charge in [0.2, 0.25) is 15.9 Å². The molecule has 1 aromatic carbocycles. The van der Waals surface area contributed by atoms with Gasteiger partial charge in [0.1, 0.15) is 6.10 Å². The number of hydrogen-bond donors (Lipinski definition) is 1. The fourth-order valence-electron chi connectivity index (χ4n) is 4.55. The Morgan fingerprint density at radius 1 is 1.18 bits per heavy atom. The van der Waals surface area contributed by atoms with Gasteiger partial charge in [0.25, 0.3) is 0 Å². The van der Waals surface area contributed by atoms with Gasteiger partial charge in [-0.25, -0.2) is 8.42 Å². The van der Waals surface area contributed by atoms with E-state index in [4.69, 9.17) is 4.74 Å². The highest BCUT2D eigenvalue weighted by atomic mass is 32.2. The Labute approximate surface area is 167 Å². The van der Waals surface area contributed by atoms with Gasteiger partial charge in [0.15, 0.2) is 0 Å². The number of ether oxygens (including phenoxy) is 1. The molecule has 0 radical (unpaired) electrons. The van der Waals surface area contributed by atoms with Crippen LogP contribution >= 0.6 is 0 Å². The number of piperazine rings is 1. The van der Waals surface area contributed by atoms with E-state index < -0.39 is 10.0 Å². The SMILES string of the molecule is CCC1CCC(C(=O)NCC2CN(S(=O)(=O)c3ccccc3)C3CCN2C3)O1. The van der Waals surface area contributed by atoms with Crippen molar-refractivity contribution in [3.05, 3.63) is 30.3 Å². The largest absolute Gasteiger partial charge is 0.365 e. The molecule has 3 aliphatic heterocycles. The van der Waals surface area contributed by atoms with Crippen molar-refractivity contribution in [2.75, 3.05) is 26.2 Å². The number of sulfonamides is 1. The maximum absolute atomic E-state index is 13.1. The summed E-state index contributed by atoms with van der Waals surface area (Å²) in [4.78, 5) is 15.1. The molecular weight excluding hydrogens is 378 g/mol. The molecule has 1 amide bonds. The van der Waals surface area contributed by atoms with E-state index >= 15 is 0 Å². The summed E-state index contributed by atoms with van der Waals surface area (Å²) >= 11 is 0. The summed E-state index contributed by atoms with van der Waals surface area (Å²) in [5.74, 6) is -0.0743. The van der Waals surface area contributed by atoms with E-state index in [1.54, 1.807) is 28.6 Å². The number of hydrogen-bond acceptors (Lipinski definition) is 5. The molecule has 3 aliphatic rings. The van der Waals surface area contributed by atoms with Gasteiger partial charge >= 0.3 is 0 Å². The lowest BCUT2D eigenvalue weighted by atomic mass is 10.1. The lowest BCUT2D eigenvalue weighted by Gasteiger charge is -2.39. The van der Waals surface area contributed by atoms with Crippen LogP contribution in [0, 0.1) is 0 Å². The first-order chi connectivity index (χ1) is 13.5. The summed E-state index contributed by atoms with van der Waals surface area (Å²) in [5, 5.41) is 3.01. The van der Waals surface area contributed by atoms with Crippen molar-refractivity contribution < 1.29 is 17.9 Å². The molecule has 1 N–H and O–H groups in total. The number of carbonyl (C=O) groups is 1. The molecule has 3 fully saturated rings. The normalized spacial score (nSPS) is 33.1. The number of benzene rings is 1. The quantitative estimate of drug-likeness (QED) is 0.767. The Kier molecular flexibility index (Phi) is 5.73. The van der Waals surface area contributed by atoms with Crippen molar-refractivity contribution in [1.29, 1.82) is 0 Å². The zero-order chi connectivity index (χ0) is 19.7. The van der Waals surface area contributed by atoms with Gasteiger partial charge in [-0.05, 0) is 37.8 Å². The van der Waals surface area contributed by atoms with E-state index in [2.05, 4.69) is 17.1 Å². The second-order valence-corrected chi connectivity index (χ2v) is 9.85. The monoisotopic (exact) mass is 407 g/mol. The third-order valence-electron chi connectivity index (χ3n) is 6.23. The first kappa shape index (κ1) is 19.8. The zero-order valence-electron chi connectivity index (χ0n) is 16.3. The maximum atomic E-state index is 13.1. The number of amides is 1. The molecule has 1 aromatic rings.